The van der Waals surface area contributed by atoms with Gasteiger partial charge in [-0.2, -0.15) is 0 Å². The van der Waals surface area contributed by atoms with Crippen LogP contribution in [0.5, 0.6) is 0 Å². The molecule has 5 heteroatoms. The molecule has 5 nitrogen and oxygen atoms in total. The van der Waals surface area contributed by atoms with Crippen LogP contribution in [0, 0.1) is 0 Å². The summed E-state index contributed by atoms with van der Waals surface area (Å²) in [4.78, 5) is 23.6. The van der Waals surface area contributed by atoms with Gasteiger partial charge in [0.25, 0.3) is 5.56 Å². The lowest BCUT2D eigenvalue weighted by Gasteiger charge is -2.24. The molecule has 1 N–H and O–H groups in total. The zero-order chi connectivity index (χ0) is 13.8. The lowest BCUT2D eigenvalue weighted by molar-refractivity contribution is 0.363. The molecule has 0 aliphatic carbocycles. The Balaban J connectivity index is 2.80. The molecule has 1 aromatic heterocycles. The third kappa shape index (κ3) is 3.57. The number of nitrogens with zero attached hydrogens (tertiary/aromatic N) is 2. The molecule has 0 spiro atoms. The van der Waals surface area contributed by atoms with Crippen LogP contribution < -0.4 is 16.6 Å². The number of aromatic nitrogens is 2. The van der Waals surface area contributed by atoms with Crippen LogP contribution in [0.15, 0.2) is 21.9 Å². The first kappa shape index (κ1) is 14.7. The third-order valence-corrected chi connectivity index (χ3v) is 3.30. The van der Waals surface area contributed by atoms with E-state index in [9.17, 15) is 9.59 Å². The molecule has 0 aliphatic heterocycles. The van der Waals surface area contributed by atoms with Crippen LogP contribution in [-0.4, -0.2) is 21.2 Å². The molecule has 0 atom stereocenters. The Kier molecular flexibility index (Phi) is 4.90. The SMILES string of the molecule is CCn1ccc(=O)n(CCNC(C)(C)CC)c1=O. The molecule has 0 fully saturated rings. The Labute approximate surface area is 107 Å². The van der Waals surface area contributed by atoms with Crippen molar-refractivity contribution in [1.29, 1.82) is 0 Å². The van der Waals surface area contributed by atoms with Gasteiger partial charge in [0, 0.05) is 37.4 Å². The molecule has 0 radical (unpaired) electrons. The Morgan fingerprint density at radius 3 is 2.50 bits per heavy atom. The molecule has 0 saturated heterocycles. The van der Waals surface area contributed by atoms with Gasteiger partial charge in [-0.15, -0.1) is 0 Å². The van der Waals surface area contributed by atoms with Crippen LogP contribution in [0.3, 0.4) is 0 Å². The van der Waals surface area contributed by atoms with Crippen LogP contribution in [0.2, 0.25) is 0 Å². The van der Waals surface area contributed by atoms with Crippen LogP contribution in [0.25, 0.3) is 0 Å². The normalized spacial score (nSPS) is 11.8. The molecule has 0 aliphatic rings. The Hall–Kier alpha value is -1.36. The van der Waals surface area contributed by atoms with E-state index in [1.165, 1.54) is 15.2 Å². The van der Waals surface area contributed by atoms with Crippen LogP contribution in [-0.2, 0) is 13.1 Å². The van der Waals surface area contributed by atoms with Crippen molar-refractivity contribution in [1.82, 2.24) is 14.5 Å². The highest BCUT2D eigenvalue weighted by atomic mass is 16.2. The Bertz CT molecular complexity index is 500. The highest BCUT2D eigenvalue weighted by molar-refractivity contribution is 4.86. The van der Waals surface area contributed by atoms with E-state index >= 15 is 0 Å². The molecular formula is C13H23N3O2. The molecule has 1 aromatic rings. The van der Waals surface area contributed by atoms with Gasteiger partial charge in [-0.1, -0.05) is 6.92 Å². The molecule has 18 heavy (non-hydrogen) atoms. The molecule has 102 valence electrons. The summed E-state index contributed by atoms with van der Waals surface area (Å²) in [6.07, 6.45) is 2.54. The summed E-state index contributed by atoms with van der Waals surface area (Å²) in [6, 6.07) is 1.44. The van der Waals surface area contributed by atoms with Crippen molar-refractivity contribution in [3.8, 4) is 0 Å². The average Bonchev–Trinajstić information content (AvgIpc) is 2.33. The van der Waals surface area contributed by atoms with Crippen LogP contribution in [0.1, 0.15) is 34.1 Å². The van der Waals surface area contributed by atoms with Gasteiger partial charge in [-0.25, -0.2) is 4.79 Å². The smallest absolute Gasteiger partial charge is 0.310 e. The van der Waals surface area contributed by atoms with Crippen molar-refractivity contribution in [3.05, 3.63) is 33.1 Å². The first-order valence-electron chi connectivity index (χ1n) is 6.46. The minimum atomic E-state index is -0.235. The fraction of sp³-hybridized carbons (Fsp3) is 0.692. The summed E-state index contributed by atoms with van der Waals surface area (Å²) >= 11 is 0. The largest absolute Gasteiger partial charge is 0.330 e. The summed E-state index contributed by atoms with van der Waals surface area (Å²) in [7, 11) is 0. The Morgan fingerprint density at radius 2 is 1.94 bits per heavy atom. The van der Waals surface area contributed by atoms with Gasteiger partial charge in [0.1, 0.15) is 0 Å². The molecule has 1 heterocycles. The van der Waals surface area contributed by atoms with Gasteiger partial charge >= 0.3 is 5.69 Å². The number of hydrogen-bond donors (Lipinski definition) is 1. The van der Waals surface area contributed by atoms with Crippen molar-refractivity contribution >= 4 is 0 Å². The zero-order valence-corrected chi connectivity index (χ0v) is 11.7. The molecular weight excluding hydrogens is 230 g/mol. The predicted molar refractivity (Wildman–Crippen MR) is 73.0 cm³/mol. The van der Waals surface area contributed by atoms with E-state index in [1.54, 1.807) is 6.20 Å². The highest BCUT2D eigenvalue weighted by Crippen LogP contribution is 2.05. The second-order valence-corrected chi connectivity index (χ2v) is 5.04. The summed E-state index contributed by atoms with van der Waals surface area (Å²) in [5, 5.41) is 3.34. The average molecular weight is 253 g/mol. The summed E-state index contributed by atoms with van der Waals surface area (Å²) in [5.74, 6) is 0. The van der Waals surface area contributed by atoms with Crippen LogP contribution >= 0.6 is 0 Å². The lowest BCUT2D eigenvalue weighted by Crippen LogP contribution is -2.45. The second-order valence-electron chi connectivity index (χ2n) is 5.04. The zero-order valence-electron chi connectivity index (χ0n) is 11.7. The van der Waals surface area contributed by atoms with E-state index in [0.29, 0.717) is 19.6 Å². The quantitative estimate of drug-likeness (QED) is 0.816. The van der Waals surface area contributed by atoms with Crippen molar-refractivity contribution < 1.29 is 0 Å². The second kappa shape index (κ2) is 6.00. The summed E-state index contributed by atoms with van der Waals surface area (Å²) in [6.45, 7) is 9.79. The Morgan fingerprint density at radius 1 is 1.28 bits per heavy atom. The molecule has 0 unspecified atom stereocenters. The monoisotopic (exact) mass is 253 g/mol. The fourth-order valence-corrected chi connectivity index (χ4v) is 1.63. The summed E-state index contributed by atoms with van der Waals surface area (Å²) < 4.78 is 2.81. The number of nitrogens with one attached hydrogen (secondary N) is 1. The molecule has 1 rings (SSSR count). The van der Waals surface area contributed by atoms with Gasteiger partial charge in [0.15, 0.2) is 0 Å². The summed E-state index contributed by atoms with van der Waals surface area (Å²) in [5.41, 5.74) is -0.441. The van der Waals surface area contributed by atoms with E-state index in [4.69, 9.17) is 0 Å². The van der Waals surface area contributed by atoms with Gasteiger partial charge in [0.05, 0.1) is 0 Å². The highest BCUT2D eigenvalue weighted by Gasteiger charge is 2.13. The van der Waals surface area contributed by atoms with Crippen molar-refractivity contribution in [2.24, 2.45) is 0 Å². The topological polar surface area (TPSA) is 56.0 Å². The molecule has 0 amide bonds. The van der Waals surface area contributed by atoms with Crippen molar-refractivity contribution in [2.45, 2.75) is 52.7 Å². The molecule has 0 aromatic carbocycles. The lowest BCUT2D eigenvalue weighted by atomic mass is 10.0. The van der Waals surface area contributed by atoms with Crippen molar-refractivity contribution in [3.63, 3.8) is 0 Å². The van der Waals surface area contributed by atoms with Gasteiger partial charge in [-0.3, -0.25) is 9.36 Å². The first-order valence-corrected chi connectivity index (χ1v) is 6.46. The standard InChI is InChI=1S/C13H23N3O2/c1-5-13(3,4)14-8-10-16-11(17)7-9-15(6-2)12(16)18/h7,9,14H,5-6,8,10H2,1-4H3. The maximum absolute atomic E-state index is 11.9. The third-order valence-electron chi connectivity index (χ3n) is 3.30. The van der Waals surface area contributed by atoms with Crippen molar-refractivity contribution in [2.75, 3.05) is 6.54 Å². The van der Waals surface area contributed by atoms with E-state index in [-0.39, 0.29) is 16.8 Å². The van der Waals surface area contributed by atoms with Crippen LogP contribution in [0.4, 0.5) is 0 Å². The van der Waals surface area contributed by atoms with E-state index < -0.39 is 0 Å². The van der Waals surface area contributed by atoms with E-state index in [0.717, 1.165) is 6.42 Å². The van der Waals surface area contributed by atoms with Gasteiger partial charge in [0.2, 0.25) is 0 Å². The van der Waals surface area contributed by atoms with E-state index in [1.807, 2.05) is 6.92 Å². The number of aryl methyl sites for hydroxylation is 1. The van der Waals surface area contributed by atoms with Gasteiger partial charge in [-0.05, 0) is 27.2 Å². The first-order chi connectivity index (χ1) is 8.41. The van der Waals surface area contributed by atoms with Gasteiger partial charge < -0.3 is 9.88 Å². The maximum Gasteiger partial charge on any atom is 0.330 e. The number of hydrogen-bond acceptors (Lipinski definition) is 3. The fourth-order valence-electron chi connectivity index (χ4n) is 1.63. The minimum absolute atomic E-state index is 0.0299. The van der Waals surface area contributed by atoms with E-state index in [2.05, 4.69) is 26.1 Å². The predicted octanol–water partition coefficient (Wildman–Crippen LogP) is 0.808. The number of rotatable bonds is 6. The minimum Gasteiger partial charge on any atom is -0.310 e. The molecule has 0 saturated carbocycles. The maximum atomic E-state index is 11.9. The molecule has 0 bridgehead atoms.